The highest BCUT2D eigenvalue weighted by Crippen LogP contribution is 2.02. The van der Waals surface area contributed by atoms with E-state index in [-0.39, 0.29) is 12.4 Å². The normalized spacial score (nSPS) is 9.21. The molecule has 3 N–H and O–H groups in total. The van der Waals surface area contributed by atoms with Crippen molar-refractivity contribution in [2.75, 3.05) is 6.54 Å². The van der Waals surface area contributed by atoms with E-state index in [1.807, 2.05) is 5.32 Å². The van der Waals surface area contributed by atoms with Gasteiger partial charge in [-0.1, -0.05) is 6.07 Å². The van der Waals surface area contributed by atoms with Crippen LogP contribution in [0.1, 0.15) is 0 Å². The van der Waals surface area contributed by atoms with Crippen molar-refractivity contribution >= 4 is 12.0 Å². The number of rotatable bonds is 2. The third-order valence-electron chi connectivity index (χ3n) is 1.26. The number of carbonyl (C=O) groups excluding carboxylic acids is 2. The molecule has 14 heavy (non-hydrogen) atoms. The maximum atomic E-state index is 10.9. The highest BCUT2D eigenvalue weighted by molar-refractivity contribution is 5.93. The largest absolute Gasteiger partial charge is 0.420 e. The van der Waals surface area contributed by atoms with Crippen LogP contribution in [0.15, 0.2) is 24.4 Å². The zero-order valence-electron chi connectivity index (χ0n) is 7.27. The van der Waals surface area contributed by atoms with Gasteiger partial charge in [-0.15, -0.1) is 0 Å². The minimum atomic E-state index is -0.890. The van der Waals surface area contributed by atoms with Gasteiger partial charge in [0.05, 0.1) is 6.54 Å². The van der Waals surface area contributed by atoms with Crippen LogP contribution in [0.3, 0.4) is 0 Å². The standard InChI is InChI=1S/C8H9N3O3/c9-5-6(12)11-8(13)14-7-3-1-2-4-10-7/h1-4H,5,9H2,(H,11,12,13). The fraction of sp³-hybridized carbons (Fsp3) is 0.125. The first-order valence-corrected chi connectivity index (χ1v) is 3.85. The average Bonchev–Trinajstić information content (AvgIpc) is 2.19. The van der Waals surface area contributed by atoms with Crippen molar-refractivity contribution in [3.05, 3.63) is 24.4 Å². The summed E-state index contributed by atoms with van der Waals surface area (Å²) >= 11 is 0. The van der Waals surface area contributed by atoms with Gasteiger partial charge in [-0.2, -0.15) is 0 Å². The third-order valence-corrected chi connectivity index (χ3v) is 1.26. The summed E-state index contributed by atoms with van der Waals surface area (Å²) in [5.41, 5.74) is 4.98. The monoisotopic (exact) mass is 195 g/mol. The van der Waals surface area contributed by atoms with E-state index < -0.39 is 12.0 Å². The Bertz CT molecular complexity index is 326. The van der Waals surface area contributed by atoms with Crippen LogP contribution in [0.5, 0.6) is 5.88 Å². The first-order chi connectivity index (χ1) is 6.72. The van der Waals surface area contributed by atoms with Gasteiger partial charge < -0.3 is 10.5 Å². The lowest BCUT2D eigenvalue weighted by atomic mass is 10.5. The predicted octanol–water partition coefficient (Wildman–Crippen LogP) is -0.345. The highest BCUT2D eigenvalue weighted by Gasteiger charge is 2.07. The maximum Gasteiger partial charge on any atom is 0.420 e. The summed E-state index contributed by atoms with van der Waals surface area (Å²) < 4.78 is 4.65. The van der Waals surface area contributed by atoms with Crippen molar-refractivity contribution in [2.45, 2.75) is 0 Å². The quantitative estimate of drug-likeness (QED) is 0.672. The molecule has 0 radical (unpaired) electrons. The van der Waals surface area contributed by atoms with Crippen LogP contribution in [-0.4, -0.2) is 23.5 Å². The Balaban J connectivity index is 2.46. The number of nitrogens with zero attached hydrogens (tertiary/aromatic N) is 1. The molecule has 0 bridgehead atoms. The van der Waals surface area contributed by atoms with E-state index in [1.165, 1.54) is 12.3 Å². The molecule has 0 aromatic carbocycles. The van der Waals surface area contributed by atoms with Crippen LogP contribution >= 0.6 is 0 Å². The van der Waals surface area contributed by atoms with Gasteiger partial charge in [0.15, 0.2) is 0 Å². The van der Waals surface area contributed by atoms with Gasteiger partial charge in [0, 0.05) is 12.3 Å². The van der Waals surface area contributed by atoms with Crippen molar-refractivity contribution in [3.8, 4) is 5.88 Å². The van der Waals surface area contributed by atoms with Crippen LogP contribution in [0.4, 0.5) is 4.79 Å². The molecule has 1 heterocycles. The molecule has 74 valence electrons. The van der Waals surface area contributed by atoms with Crippen LogP contribution in [0, 0.1) is 0 Å². The third kappa shape index (κ3) is 3.20. The van der Waals surface area contributed by atoms with E-state index in [1.54, 1.807) is 12.1 Å². The second-order valence-electron chi connectivity index (χ2n) is 2.31. The van der Waals surface area contributed by atoms with E-state index in [0.29, 0.717) is 0 Å². The Labute approximate surface area is 80.1 Å². The molecule has 1 rings (SSSR count). The molecular weight excluding hydrogens is 186 g/mol. The highest BCUT2D eigenvalue weighted by atomic mass is 16.6. The molecule has 1 aromatic rings. The minimum absolute atomic E-state index is 0.120. The molecular formula is C8H9N3O3. The van der Waals surface area contributed by atoms with Crippen LogP contribution in [0.2, 0.25) is 0 Å². The minimum Gasteiger partial charge on any atom is -0.391 e. The lowest BCUT2D eigenvalue weighted by Crippen LogP contribution is -2.37. The number of ether oxygens (including phenoxy) is 1. The number of aromatic nitrogens is 1. The molecule has 0 fully saturated rings. The average molecular weight is 195 g/mol. The van der Waals surface area contributed by atoms with Gasteiger partial charge in [-0.05, 0) is 6.07 Å². The lowest BCUT2D eigenvalue weighted by Gasteiger charge is -2.02. The number of hydrogen-bond donors (Lipinski definition) is 2. The van der Waals surface area contributed by atoms with Crippen molar-refractivity contribution in [1.82, 2.24) is 10.3 Å². The molecule has 6 nitrogen and oxygen atoms in total. The first kappa shape index (κ1) is 10.1. The van der Waals surface area contributed by atoms with Gasteiger partial charge in [-0.3, -0.25) is 10.1 Å². The molecule has 1 aromatic heterocycles. The fourth-order valence-corrected chi connectivity index (χ4v) is 0.693. The Morgan fingerprint density at radius 2 is 2.29 bits per heavy atom. The van der Waals surface area contributed by atoms with Crippen molar-refractivity contribution in [2.24, 2.45) is 5.73 Å². The summed E-state index contributed by atoms with van der Waals surface area (Å²) in [7, 11) is 0. The summed E-state index contributed by atoms with van der Waals surface area (Å²) in [5, 5.41) is 1.91. The summed E-state index contributed by atoms with van der Waals surface area (Å²) in [6, 6.07) is 4.82. The Morgan fingerprint density at radius 1 is 1.50 bits per heavy atom. The van der Waals surface area contributed by atoms with Crippen molar-refractivity contribution in [1.29, 1.82) is 0 Å². The van der Waals surface area contributed by atoms with Crippen LogP contribution in [0.25, 0.3) is 0 Å². The maximum absolute atomic E-state index is 10.9. The molecule has 0 aliphatic rings. The smallest absolute Gasteiger partial charge is 0.391 e. The predicted molar refractivity (Wildman–Crippen MR) is 47.5 cm³/mol. The van der Waals surface area contributed by atoms with Crippen LogP contribution in [-0.2, 0) is 4.79 Å². The van der Waals surface area contributed by atoms with Gasteiger partial charge in [-0.25, -0.2) is 9.78 Å². The van der Waals surface area contributed by atoms with Gasteiger partial charge in [0.1, 0.15) is 0 Å². The van der Waals surface area contributed by atoms with E-state index in [2.05, 4.69) is 9.72 Å². The Kier molecular flexibility index (Phi) is 3.57. The molecule has 0 spiro atoms. The summed E-state index contributed by atoms with van der Waals surface area (Å²) in [5.74, 6) is -0.485. The summed E-state index contributed by atoms with van der Waals surface area (Å²) in [6.45, 7) is -0.267. The number of imide groups is 1. The van der Waals surface area contributed by atoms with Gasteiger partial charge in [0.2, 0.25) is 11.8 Å². The summed E-state index contributed by atoms with van der Waals surface area (Å²) in [6.07, 6.45) is 0.576. The Morgan fingerprint density at radius 3 is 2.86 bits per heavy atom. The molecule has 0 atom stereocenters. The molecule has 0 aliphatic carbocycles. The van der Waals surface area contributed by atoms with E-state index in [9.17, 15) is 9.59 Å². The number of pyridine rings is 1. The molecule has 0 saturated carbocycles. The SMILES string of the molecule is NCC(=O)NC(=O)Oc1ccccn1. The second kappa shape index (κ2) is 4.93. The number of nitrogens with two attached hydrogens (primary N) is 1. The number of carbonyl (C=O) groups is 2. The second-order valence-corrected chi connectivity index (χ2v) is 2.31. The van der Waals surface area contributed by atoms with E-state index in [4.69, 9.17) is 5.73 Å². The Hall–Kier alpha value is -1.95. The number of nitrogens with one attached hydrogen (secondary N) is 1. The zero-order chi connectivity index (χ0) is 10.4. The molecule has 6 heteroatoms. The van der Waals surface area contributed by atoms with Crippen molar-refractivity contribution in [3.63, 3.8) is 0 Å². The van der Waals surface area contributed by atoms with Crippen molar-refractivity contribution < 1.29 is 14.3 Å². The molecule has 0 unspecified atom stereocenters. The lowest BCUT2D eigenvalue weighted by molar-refractivity contribution is -0.118. The zero-order valence-corrected chi connectivity index (χ0v) is 7.27. The van der Waals surface area contributed by atoms with E-state index >= 15 is 0 Å². The topological polar surface area (TPSA) is 94.3 Å². The molecule has 0 saturated heterocycles. The number of hydrogen-bond acceptors (Lipinski definition) is 5. The summed E-state index contributed by atoms with van der Waals surface area (Å²) in [4.78, 5) is 25.3. The molecule has 2 amide bonds. The first-order valence-electron chi connectivity index (χ1n) is 3.85. The fourth-order valence-electron chi connectivity index (χ4n) is 0.693. The van der Waals surface area contributed by atoms with Gasteiger partial charge in [0.25, 0.3) is 0 Å². The van der Waals surface area contributed by atoms with Gasteiger partial charge >= 0.3 is 6.09 Å². The molecule has 0 aliphatic heterocycles. The van der Waals surface area contributed by atoms with Crippen LogP contribution < -0.4 is 15.8 Å². The number of amides is 2. The van der Waals surface area contributed by atoms with E-state index in [0.717, 1.165) is 0 Å².